The molecule has 0 fully saturated rings. The lowest BCUT2D eigenvalue weighted by Crippen LogP contribution is -2.28. The van der Waals surface area contributed by atoms with Gasteiger partial charge in [-0.05, 0) is 38.3 Å². The van der Waals surface area contributed by atoms with Crippen molar-refractivity contribution < 1.29 is 4.74 Å². The van der Waals surface area contributed by atoms with E-state index in [0.29, 0.717) is 0 Å². The second kappa shape index (κ2) is 6.42. The molecule has 1 aromatic carbocycles. The van der Waals surface area contributed by atoms with E-state index in [0.717, 1.165) is 29.7 Å². The molecule has 94 valence electrons. The molecule has 0 aromatic heterocycles. The third-order valence-electron chi connectivity index (χ3n) is 2.83. The van der Waals surface area contributed by atoms with Gasteiger partial charge < -0.3 is 4.74 Å². The van der Waals surface area contributed by atoms with E-state index in [2.05, 4.69) is 24.1 Å². The summed E-state index contributed by atoms with van der Waals surface area (Å²) in [7, 11) is 1.69. The summed E-state index contributed by atoms with van der Waals surface area (Å²) in [6.07, 6.45) is 1.87. The van der Waals surface area contributed by atoms with Gasteiger partial charge >= 0.3 is 0 Å². The fourth-order valence-corrected chi connectivity index (χ4v) is 1.83. The maximum Gasteiger partial charge on any atom is 0.123 e. The Morgan fingerprint density at radius 3 is 2.76 bits per heavy atom. The molecule has 0 radical (unpaired) electrons. The van der Waals surface area contributed by atoms with Gasteiger partial charge in [0, 0.05) is 11.6 Å². The van der Waals surface area contributed by atoms with E-state index in [4.69, 9.17) is 10.6 Å². The highest BCUT2D eigenvalue weighted by Gasteiger charge is 2.14. The zero-order valence-corrected chi connectivity index (χ0v) is 10.9. The molecule has 0 bridgehead atoms. The summed E-state index contributed by atoms with van der Waals surface area (Å²) < 4.78 is 5.40. The van der Waals surface area contributed by atoms with Crippen LogP contribution in [0.25, 0.3) is 0 Å². The summed E-state index contributed by atoms with van der Waals surface area (Å²) in [5.74, 6) is 6.50. The van der Waals surface area contributed by atoms with Crippen LogP contribution in [0.1, 0.15) is 36.9 Å². The monoisotopic (exact) mass is 234 g/mol. The highest BCUT2D eigenvalue weighted by molar-refractivity contribution is 5.39. The Balaban J connectivity index is 2.90. The number of ether oxygens (including phenoxy) is 1. The fourth-order valence-electron chi connectivity index (χ4n) is 1.83. The van der Waals surface area contributed by atoms with Gasteiger partial charge in [0.15, 0.2) is 0 Å². The SMILES string of the molecule is C=C(C)CCC(NN)c1ccc(C)cc1OC. The number of benzene rings is 1. The van der Waals surface area contributed by atoms with Crippen molar-refractivity contribution in [2.24, 2.45) is 5.84 Å². The van der Waals surface area contributed by atoms with Crippen LogP contribution in [0.4, 0.5) is 0 Å². The third-order valence-corrected chi connectivity index (χ3v) is 2.83. The van der Waals surface area contributed by atoms with Crippen LogP contribution in [0.15, 0.2) is 30.4 Å². The number of allylic oxidation sites excluding steroid dienone is 1. The van der Waals surface area contributed by atoms with Crippen molar-refractivity contribution >= 4 is 0 Å². The van der Waals surface area contributed by atoms with Gasteiger partial charge in [-0.15, -0.1) is 6.58 Å². The van der Waals surface area contributed by atoms with Crippen LogP contribution >= 0.6 is 0 Å². The van der Waals surface area contributed by atoms with Gasteiger partial charge in [-0.3, -0.25) is 11.3 Å². The lowest BCUT2D eigenvalue weighted by Gasteiger charge is -2.19. The molecule has 0 aliphatic heterocycles. The smallest absolute Gasteiger partial charge is 0.123 e. The lowest BCUT2D eigenvalue weighted by molar-refractivity contribution is 0.395. The van der Waals surface area contributed by atoms with Gasteiger partial charge in [0.05, 0.1) is 7.11 Å². The number of methoxy groups -OCH3 is 1. The Labute approximate surface area is 104 Å². The summed E-state index contributed by atoms with van der Waals surface area (Å²) >= 11 is 0. The Bertz CT molecular complexity index is 388. The van der Waals surface area contributed by atoms with E-state index in [1.165, 1.54) is 5.56 Å². The maximum absolute atomic E-state index is 5.62. The average molecular weight is 234 g/mol. The van der Waals surface area contributed by atoms with Crippen LogP contribution in [0.5, 0.6) is 5.75 Å². The molecule has 0 heterocycles. The van der Waals surface area contributed by atoms with Gasteiger partial charge in [0.25, 0.3) is 0 Å². The largest absolute Gasteiger partial charge is 0.496 e. The molecule has 0 spiro atoms. The van der Waals surface area contributed by atoms with Crippen LogP contribution in [-0.2, 0) is 0 Å². The molecule has 0 aliphatic carbocycles. The fraction of sp³-hybridized carbons (Fsp3) is 0.429. The Hall–Kier alpha value is -1.32. The van der Waals surface area contributed by atoms with Crippen molar-refractivity contribution in [2.75, 3.05) is 7.11 Å². The second-order valence-corrected chi connectivity index (χ2v) is 4.46. The van der Waals surface area contributed by atoms with Crippen molar-refractivity contribution in [3.8, 4) is 5.75 Å². The summed E-state index contributed by atoms with van der Waals surface area (Å²) in [4.78, 5) is 0. The number of hydrazine groups is 1. The molecule has 1 unspecified atom stereocenters. The molecule has 3 N–H and O–H groups in total. The number of rotatable bonds is 6. The Morgan fingerprint density at radius 2 is 2.24 bits per heavy atom. The number of hydrogen-bond donors (Lipinski definition) is 2. The molecule has 1 atom stereocenters. The third kappa shape index (κ3) is 3.88. The van der Waals surface area contributed by atoms with E-state index in [1.807, 2.05) is 19.9 Å². The molecule has 0 saturated carbocycles. The summed E-state index contributed by atoms with van der Waals surface area (Å²) in [6, 6.07) is 6.27. The van der Waals surface area contributed by atoms with E-state index >= 15 is 0 Å². The molecule has 3 nitrogen and oxygen atoms in total. The normalized spacial score (nSPS) is 12.2. The van der Waals surface area contributed by atoms with Gasteiger partial charge in [-0.2, -0.15) is 0 Å². The lowest BCUT2D eigenvalue weighted by atomic mass is 9.98. The minimum atomic E-state index is 0.0993. The first-order chi connectivity index (χ1) is 8.08. The second-order valence-electron chi connectivity index (χ2n) is 4.46. The highest BCUT2D eigenvalue weighted by atomic mass is 16.5. The van der Waals surface area contributed by atoms with Crippen molar-refractivity contribution in [1.82, 2.24) is 5.43 Å². The highest BCUT2D eigenvalue weighted by Crippen LogP contribution is 2.29. The van der Waals surface area contributed by atoms with Gasteiger partial charge in [-0.25, -0.2) is 0 Å². The molecule has 0 saturated heterocycles. The number of nitrogens with two attached hydrogens (primary N) is 1. The van der Waals surface area contributed by atoms with Crippen molar-refractivity contribution in [2.45, 2.75) is 32.7 Å². The van der Waals surface area contributed by atoms with Gasteiger partial charge in [-0.1, -0.05) is 17.7 Å². The number of aryl methyl sites for hydroxylation is 1. The van der Waals surface area contributed by atoms with Crippen LogP contribution in [0, 0.1) is 6.92 Å². The summed E-state index contributed by atoms with van der Waals surface area (Å²) in [5.41, 5.74) is 6.29. The van der Waals surface area contributed by atoms with E-state index in [9.17, 15) is 0 Å². The standard InChI is InChI=1S/C14H22N2O/c1-10(2)5-8-13(16-15)12-7-6-11(3)9-14(12)17-4/h6-7,9,13,16H,1,5,8,15H2,2-4H3. The summed E-state index contributed by atoms with van der Waals surface area (Å²) in [6.45, 7) is 7.99. The Kier molecular flexibility index (Phi) is 5.19. The molecule has 17 heavy (non-hydrogen) atoms. The van der Waals surface area contributed by atoms with Crippen molar-refractivity contribution in [3.05, 3.63) is 41.5 Å². The predicted molar refractivity (Wildman–Crippen MR) is 71.8 cm³/mol. The van der Waals surface area contributed by atoms with Gasteiger partial charge in [0.1, 0.15) is 5.75 Å². The number of nitrogens with one attached hydrogen (secondary N) is 1. The molecule has 1 aromatic rings. The van der Waals surface area contributed by atoms with Crippen molar-refractivity contribution in [3.63, 3.8) is 0 Å². The molecule has 3 heteroatoms. The molecule has 1 rings (SSSR count). The Morgan fingerprint density at radius 1 is 1.53 bits per heavy atom. The maximum atomic E-state index is 5.62. The summed E-state index contributed by atoms with van der Waals surface area (Å²) in [5, 5.41) is 0. The molecule has 0 aliphatic rings. The van der Waals surface area contributed by atoms with Crippen LogP contribution in [0.3, 0.4) is 0 Å². The van der Waals surface area contributed by atoms with E-state index in [1.54, 1.807) is 7.11 Å². The topological polar surface area (TPSA) is 47.3 Å². The first-order valence-corrected chi connectivity index (χ1v) is 5.83. The van der Waals surface area contributed by atoms with Crippen LogP contribution in [0.2, 0.25) is 0 Å². The first kappa shape index (κ1) is 13.7. The molecular formula is C14H22N2O. The zero-order chi connectivity index (χ0) is 12.8. The first-order valence-electron chi connectivity index (χ1n) is 5.83. The minimum Gasteiger partial charge on any atom is -0.496 e. The molecule has 0 amide bonds. The van der Waals surface area contributed by atoms with Gasteiger partial charge in [0.2, 0.25) is 0 Å². The minimum absolute atomic E-state index is 0.0993. The van der Waals surface area contributed by atoms with E-state index < -0.39 is 0 Å². The van der Waals surface area contributed by atoms with E-state index in [-0.39, 0.29) is 6.04 Å². The van der Waals surface area contributed by atoms with Crippen LogP contribution in [-0.4, -0.2) is 7.11 Å². The zero-order valence-electron chi connectivity index (χ0n) is 10.9. The predicted octanol–water partition coefficient (Wildman–Crippen LogP) is 2.86. The number of hydrogen-bond acceptors (Lipinski definition) is 3. The van der Waals surface area contributed by atoms with Crippen molar-refractivity contribution in [1.29, 1.82) is 0 Å². The average Bonchev–Trinajstić information content (AvgIpc) is 2.30. The molecular weight excluding hydrogens is 212 g/mol. The quantitative estimate of drug-likeness (QED) is 0.452. The van der Waals surface area contributed by atoms with Crippen LogP contribution < -0.4 is 16.0 Å².